The molecule has 7 nitrogen and oxygen atoms in total. The lowest BCUT2D eigenvalue weighted by molar-refractivity contribution is -0.135. The molecule has 1 aliphatic heterocycles. The van der Waals surface area contributed by atoms with Gasteiger partial charge in [-0.3, -0.25) is 9.78 Å². The van der Waals surface area contributed by atoms with Gasteiger partial charge in [0, 0.05) is 55.3 Å². The van der Waals surface area contributed by atoms with Crippen molar-refractivity contribution in [3.05, 3.63) is 96.1 Å². The Hall–Kier alpha value is -4.00. The zero-order valence-electron chi connectivity index (χ0n) is 22.4. The van der Waals surface area contributed by atoms with Gasteiger partial charge in [0.25, 0.3) is 0 Å². The van der Waals surface area contributed by atoms with Crippen LogP contribution in [0.15, 0.2) is 73.7 Å². The summed E-state index contributed by atoms with van der Waals surface area (Å²) in [6, 6.07) is 16.5. The van der Waals surface area contributed by atoms with Crippen molar-refractivity contribution in [1.29, 1.82) is 0 Å². The molecule has 2 fully saturated rings. The molecule has 1 aromatic carbocycles. The maximum atomic E-state index is 13.9. The highest BCUT2D eigenvalue weighted by Crippen LogP contribution is 2.40. The second-order valence-electron chi connectivity index (χ2n) is 10.9. The van der Waals surface area contributed by atoms with E-state index < -0.39 is 0 Å². The fourth-order valence-electron chi connectivity index (χ4n) is 6.33. The number of hydrogen-bond donors (Lipinski definition) is 1. The molecule has 0 spiro atoms. The molecule has 3 aromatic heterocycles. The van der Waals surface area contributed by atoms with Gasteiger partial charge >= 0.3 is 0 Å². The number of benzene rings is 1. The van der Waals surface area contributed by atoms with E-state index in [0.717, 1.165) is 67.1 Å². The summed E-state index contributed by atoms with van der Waals surface area (Å²) in [6.07, 6.45) is 13.8. The average molecular weight is 521 g/mol. The molecule has 1 unspecified atom stereocenters. The standard InChI is InChI=1S/C32H36N6O/c1-2-24-22-35-38-29(34-21-23-9-8-16-33-20-23)19-28(36-31(24)38)25-14-17-37(18-15-25)32(39)30(27-12-6-7-13-27)26-10-4-3-5-11-26/h2-5,8-11,16,19-20,22,25,27,30,34H,1,6-7,12-15,17-18,21H2. The monoisotopic (exact) mass is 520 g/mol. The van der Waals surface area contributed by atoms with Gasteiger partial charge in [-0.25, -0.2) is 4.98 Å². The van der Waals surface area contributed by atoms with Crippen LogP contribution >= 0.6 is 0 Å². The molecule has 7 heteroatoms. The highest BCUT2D eigenvalue weighted by molar-refractivity contribution is 5.84. The molecule has 0 bridgehead atoms. The van der Waals surface area contributed by atoms with Gasteiger partial charge in [-0.2, -0.15) is 9.61 Å². The van der Waals surface area contributed by atoms with Gasteiger partial charge in [-0.1, -0.05) is 61.9 Å². The quantitative estimate of drug-likeness (QED) is 0.306. The van der Waals surface area contributed by atoms with Gasteiger partial charge in [0.15, 0.2) is 5.65 Å². The molecule has 6 rings (SSSR count). The van der Waals surface area contributed by atoms with Crippen molar-refractivity contribution in [2.75, 3.05) is 18.4 Å². The molecule has 1 saturated heterocycles. The lowest BCUT2D eigenvalue weighted by Crippen LogP contribution is -2.42. The van der Waals surface area contributed by atoms with E-state index in [9.17, 15) is 4.79 Å². The molecule has 1 N–H and O–H groups in total. The highest BCUT2D eigenvalue weighted by Gasteiger charge is 2.36. The fourth-order valence-corrected chi connectivity index (χ4v) is 6.33. The van der Waals surface area contributed by atoms with E-state index in [4.69, 9.17) is 4.98 Å². The maximum absolute atomic E-state index is 13.9. The third-order valence-electron chi connectivity index (χ3n) is 8.46. The molecule has 1 atom stereocenters. The van der Waals surface area contributed by atoms with Gasteiger partial charge in [0.2, 0.25) is 5.91 Å². The second kappa shape index (κ2) is 11.4. The van der Waals surface area contributed by atoms with Crippen LogP contribution in [0.1, 0.15) is 72.7 Å². The summed E-state index contributed by atoms with van der Waals surface area (Å²) < 4.78 is 1.85. The lowest BCUT2D eigenvalue weighted by Gasteiger charge is -2.36. The van der Waals surface area contributed by atoms with Crippen molar-refractivity contribution in [2.45, 2.75) is 56.9 Å². The van der Waals surface area contributed by atoms with Crippen molar-refractivity contribution < 1.29 is 4.79 Å². The van der Waals surface area contributed by atoms with Crippen LogP contribution in [-0.4, -0.2) is 43.5 Å². The van der Waals surface area contributed by atoms with Crippen LogP contribution in [0.3, 0.4) is 0 Å². The van der Waals surface area contributed by atoms with E-state index in [-0.39, 0.29) is 11.8 Å². The van der Waals surface area contributed by atoms with Crippen molar-refractivity contribution in [3.8, 4) is 0 Å². The van der Waals surface area contributed by atoms with E-state index in [1.807, 2.05) is 29.0 Å². The zero-order chi connectivity index (χ0) is 26.6. The van der Waals surface area contributed by atoms with E-state index >= 15 is 0 Å². The van der Waals surface area contributed by atoms with E-state index in [1.54, 1.807) is 12.3 Å². The molecule has 1 aliphatic carbocycles. The first-order valence-electron chi connectivity index (χ1n) is 14.2. The summed E-state index contributed by atoms with van der Waals surface area (Å²) in [5.41, 5.74) is 5.03. The Morgan fingerprint density at radius 3 is 2.56 bits per heavy atom. The summed E-state index contributed by atoms with van der Waals surface area (Å²) in [4.78, 5) is 25.3. The van der Waals surface area contributed by atoms with E-state index in [1.165, 1.54) is 18.4 Å². The number of pyridine rings is 1. The van der Waals surface area contributed by atoms with E-state index in [2.05, 4.69) is 63.3 Å². The van der Waals surface area contributed by atoms with Crippen LogP contribution in [0.5, 0.6) is 0 Å². The normalized spacial score (nSPS) is 17.4. The van der Waals surface area contributed by atoms with Crippen LogP contribution in [0.25, 0.3) is 11.7 Å². The lowest BCUT2D eigenvalue weighted by atomic mass is 9.83. The van der Waals surface area contributed by atoms with Crippen molar-refractivity contribution in [1.82, 2.24) is 24.5 Å². The number of nitrogens with zero attached hydrogens (tertiary/aromatic N) is 5. The van der Waals surface area contributed by atoms with Crippen LogP contribution in [-0.2, 0) is 11.3 Å². The maximum Gasteiger partial charge on any atom is 0.230 e. The SMILES string of the molecule is C=Cc1cnn2c(NCc3cccnc3)cc(C3CCN(C(=O)C(c4ccccc4)C4CCCC4)CC3)nc12. The zero-order valence-corrected chi connectivity index (χ0v) is 22.4. The van der Waals surface area contributed by atoms with Crippen LogP contribution in [0, 0.1) is 5.92 Å². The van der Waals surface area contributed by atoms with Crippen molar-refractivity contribution in [2.24, 2.45) is 5.92 Å². The summed E-state index contributed by atoms with van der Waals surface area (Å²) in [6.45, 7) is 6.12. The number of rotatable bonds is 8. The van der Waals surface area contributed by atoms with Gasteiger partial charge in [-0.15, -0.1) is 0 Å². The Morgan fingerprint density at radius 2 is 1.85 bits per heavy atom. The number of aromatic nitrogens is 4. The number of fused-ring (bicyclic) bond motifs is 1. The van der Waals surface area contributed by atoms with Crippen LogP contribution in [0.2, 0.25) is 0 Å². The Kier molecular flexibility index (Phi) is 7.39. The number of piperidine rings is 1. The molecule has 1 saturated carbocycles. The number of amides is 1. The van der Waals surface area contributed by atoms with Crippen LogP contribution < -0.4 is 5.32 Å². The summed E-state index contributed by atoms with van der Waals surface area (Å²) in [7, 11) is 0. The first kappa shape index (κ1) is 25.3. The van der Waals surface area contributed by atoms with Crippen LogP contribution in [0.4, 0.5) is 5.82 Å². The molecular formula is C32H36N6O. The summed E-state index contributed by atoms with van der Waals surface area (Å²) >= 11 is 0. The number of anilines is 1. The largest absolute Gasteiger partial charge is 0.366 e. The minimum Gasteiger partial charge on any atom is -0.366 e. The number of carbonyl (C=O) groups is 1. The summed E-state index contributed by atoms with van der Waals surface area (Å²) in [5, 5.41) is 8.09. The number of likely N-dealkylation sites (tertiary alicyclic amines) is 1. The fraction of sp³-hybridized carbons (Fsp3) is 0.375. The third-order valence-corrected chi connectivity index (χ3v) is 8.46. The average Bonchev–Trinajstić information content (AvgIpc) is 3.67. The predicted octanol–water partition coefficient (Wildman–Crippen LogP) is 6.06. The Balaban J connectivity index is 1.20. The van der Waals surface area contributed by atoms with Crippen molar-refractivity contribution >= 4 is 23.4 Å². The summed E-state index contributed by atoms with van der Waals surface area (Å²) in [5.74, 6) is 1.92. The first-order chi connectivity index (χ1) is 19.2. The molecular weight excluding hydrogens is 484 g/mol. The van der Waals surface area contributed by atoms with E-state index in [0.29, 0.717) is 18.4 Å². The van der Waals surface area contributed by atoms with Gasteiger partial charge in [0.05, 0.1) is 12.1 Å². The molecule has 39 heavy (non-hydrogen) atoms. The van der Waals surface area contributed by atoms with Gasteiger partial charge < -0.3 is 10.2 Å². The Bertz CT molecular complexity index is 1420. The highest BCUT2D eigenvalue weighted by atomic mass is 16.2. The molecule has 200 valence electrons. The number of hydrogen-bond acceptors (Lipinski definition) is 5. The second-order valence-corrected chi connectivity index (χ2v) is 10.9. The molecule has 4 heterocycles. The number of carbonyl (C=O) groups excluding carboxylic acids is 1. The minimum atomic E-state index is -0.0232. The molecule has 4 aromatic rings. The molecule has 2 aliphatic rings. The molecule has 0 radical (unpaired) electrons. The van der Waals surface area contributed by atoms with Crippen molar-refractivity contribution in [3.63, 3.8) is 0 Å². The third kappa shape index (κ3) is 5.31. The van der Waals surface area contributed by atoms with Gasteiger partial charge in [0.1, 0.15) is 5.82 Å². The predicted molar refractivity (Wildman–Crippen MR) is 154 cm³/mol. The van der Waals surface area contributed by atoms with Gasteiger partial charge in [-0.05, 0) is 48.8 Å². The smallest absolute Gasteiger partial charge is 0.230 e. The minimum absolute atomic E-state index is 0.0232. The Morgan fingerprint density at radius 1 is 1.05 bits per heavy atom. The molecule has 1 amide bonds. The Labute approximate surface area is 230 Å². The number of nitrogens with one attached hydrogen (secondary N) is 1. The topological polar surface area (TPSA) is 75.4 Å². The first-order valence-corrected chi connectivity index (χ1v) is 14.2.